The van der Waals surface area contributed by atoms with Gasteiger partial charge in [-0.25, -0.2) is 9.97 Å². The number of furan rings is 1. The van der Waals surface area contributed by atoms with E-state index in [4.69, 9.17) is 9.15 Å². The molecular formula is C12H16N4O2. The number of aromatic nitrogens is 2. The van der Waals surface area contributed by atoms with E-state index in [0.717, 1.165) is 11.5 Å². The second kappa shape index (κ2) is 5.39. The van der Waals surface area contributed by atoms with Crippen molar-refractivity contribution in [1.82, 2.24) is 9.97 Å². The first kappa shape index (κ1) is 12.2. The lowest BCUT2D eigenvalue weighted by Crippen LogP contribution is -2.06. The minimum Gasteiger partial charge on any atom is -0.490 e. The molecule has 0 unspecified atom stereocenters. The minimum absolute atomic E-state index is 0.546. The molecule has 6 heteroatoms. The molecule has 6 nitrogen and oxygen atoms in total. The van der Waals surface area contributed by atoms with Crippen LogP contribution in [0.5, 0.6) is 5.75 Å². The summed E-state index contributed by atoms with van der Waals surface area (Å²) >= 11 is 0. The van der Waals surface area contributed by atoms with E-state index in [1.54, 1.807) is 14.2 Å². The van der Waals surface area contributed by atoms with Crippen LogP contribution in [0.15, 0.2) is 22.9 Å². The lowest BCUT2D eigenvalue weighted by Gasteiger charge is -2.11. The molecule has 0 amide bonds. The third-order valence-electron chi connectivity index (χ3n) is 2.47. The normalized spacial score (nSPS) is 10.2. The fourth-order valence-electron chi connectivity index (χ4n) is 1.62. The number of methoxy groups -OCH3 is 1. The highest BCUT2D eigenvalue weighted by molar-refractivity contribution is 5.63. The minimum atomic E-state index is 0.546. The molecule has 0 aliphatic heterocycles. The second-order valence-electron chi connectivity index (χ2n) is 3.72. The van der Waals surface area contributed by atoms with Crippen LogP contribution in [0.4, 0.5) is 11.6 Å². The Morgan fingerprint density at radius 1 is 1.28 bits per heavy atom. The Morgan fingerprint density at radius 2 is 2.06 bits per heavy atom. The molecule has 0 aliphatic rings. The van der Waals surface area contributed by atoms with Gasteiger partial charge in [0.05, 0.1) is 13.7 Å². The Balaban J connectivity index is 2.13. The smallest absolute Gasteiger partial charge is 0.204 e. The molecule has 18 heavy (non-hydrogen) atoms. The number of ether oxygens (including phenoxy) is 1. The summed E-state index contributed by atoms with van der Waals surface area (Å²) in [4.78, 5) is 8.23. The molecule has 2 aromatic heterocycles. The number of rotatable bonds is 5. The van der Waals surface area contributed by atoms with Crippen LogP contribution < -0.4 is 15.4 Å². The summed E-state index contributed by atoms with van der Waals surface area (Å²) in [6.45, 7) is 2.46. The molecule has 0 saturated heterocycles. The topological polar surface area (TPSA) is 72.2 Å². The van der Waals surface area contributed by atoms with Gasteiger partial charge in [-0.05, 0) is 19.1 Å². The van der Waals surface area contributed by atoms with Gasteiger partial charge in [0.1, 0.15) is 17.8 Å². The maximum atomic E-state index is 5.47. The van der Waals surface area contributed by atoms with Crippen molar-refractivity contribution in [2.45, 2.75) is 13.5 Å². The summed E-state index contributed by atoms with van der Waals surface area (Å²) in [6, 6.07) is 3.85. The third kappa shape index (κ3) is 2.53. The van der Waals surface area contributed by atoms with Gasteiger partial charge < -0.3 is 19.8 Å². The maximum Gasteiger partial charge on any atom is 0.204 e. The highest BCUT2D eigenvalue weighted by Crippen LogP contribution is 2.28. The molecule has 2 rings (SSSR count). The van der Waals surface area contributed by atoms with Gasteiger partial charge in [-0.2, -0.15) is 0 Å². The summed E-state index contributed by atoms with van der Waals surface area (Å²) < 4.78 is 10.8. The van der Waals surface area contributed by atoms with Crippen molar-refractivity contribution in [2.24, 2.45) is 0 Å². The summed E-state index contributed by atoms with van der Waals surface area (Å²) in [7, 11) is 3.37. The average molecular weight is 248 g/mol. The van der Waals surface area contributed by atoms with E-state index in [1.165, 1.54) is 6.33 Å². The van der Waals surface area contributed by atoms with E-state index in [9.17, 15) is 0 Å². The molecule has 0 aromatic carbocycles. The number of hydrogen-bond donors (Lipinski definition) is 2. The van der Waals surface area contributed by atoms with Gasteiger partial charge in [-0.3, -0.25) is 0 Å². The van der Waals surface area contributed by atoms with Crippen molar-refractivity contribution in [2.75, 3.05) is 24.8 Å². The van der Waals surface area contributed by atoms with Gasteiger partial charge in [0, 0.05) is 7.05 Å². The number of nitrogens with one attached hydrogen (secondary N) is 2. The van der Waals surface area contributed by atoms with E-state index in [0.29, 0.717) is 23.9 Å². The fourth-order valence-corrected chi connectivity index (χ4v) is 1.62. The lowest BCUT2D eigenvalue weighted by atomic mass is 10.4. The predicted molar refractivity (Wildman–Crippen MR) is 68.9 cm³/mol. The van der Waals surface area contributed by atoms with E-state index in [2.05, 4.69) is 20.6 Å². The quantitative estimate of drug-likeness (QED) is 0.843. The number of hydrogen-bond acceptors (Lipinski definition) is 6. The molecule has 0 bridgehead atoms. The molecule has 0 saturated carbocycles. The zero-order chi connectivity index (χ0) is 13.0. The highest BCUT2D eigenvalue weighted by Gasteiger charge is 2.11. The van der Waals surface area contributed by atoms with Gasteiger partial charge in [0.25, 0.3) is 0 Å². The SMILES string of the molecule is CNc1ncnc(NCc2ccc(C)o2)c1OC. The number of nitrogens with zero attached hydrogens (tertiary/aromatic N) is 2. The monoisotopic (exact) mass is 248 g/mol. The molecule has 0 atom stereocenters. The van der Waals surface area contributed by atoms with Crippen molar-refractivity contribution in [1.29, 1.82) is 0 Å². The van der Waals surface area contributed by atoms with Crippen molar-refractivity contribution >= 4 is 11.6 Å². The molecule has 0 radical (unpaired) electrons. The molecular weight excluding hydrogens is 232 g/mol. The summed E-state index contributed by atoms with van der Waals surface area (Å²) in [5.74, 6) is 3.59. The van der Waals surface area contributed by atoms with Crippen LogP contribution in [-0.2, 0) is 6.54 Å². The highest BCUT2D eigenvalue weighted by atomic mass is 16.5. The first-order chi connectivity index (χ1) is 8.74. The van der Waals surface area contributed by atoms with Gasteiger partial charge in [0.15, 0.2) is 11.6 Å². The van der Waals surface area contributed by atoms with Gasteiger partial charge in [-0.1, -0.05) is 0 Å². The van der Waals surface area contributed by atoms with Crippen LogP contribution in [0.2, 0.25) is 0 Å². The predicted octanol–water partition coefficient (Wildman–Crippen LogP) is 2.04. The number of anilines is 2. The maximum absolute atomic E-state index is 5.47. The van der Waals surface area contributed by atoms with Crippen LogP contribution in [0.3, 0.4) is 0 Å². The van der Waals surface area contributed by atoms with Crippen molar-refractivity contribution in [3.8, 4) is 5.75 Å². The third-order valence-corrected chi connectivity index (χ3v) is 2.47. The summed E-state index contributed by atoms with van der Waals surface area (Å²) in [5, 5.41) is 6.11. The van der Waals surface area contributed by atoms with Crippen molar-refractivity contribution < 1.29 is 9.15 Å². The molecule has 96 valence electrons. The molecule has 0 aliphatic carbocycles. The molecule has 2 N–H and O–H groups in total. The Labute approximate surface area is 105 Å². The van der Waals surface area contributed by atoms with Crippen LogP contribution in [0.25, 0.3) is 0 Å². The van der Waals surface area contributed by atoms with E-state index < -0.39 is 0 Å². The largest absolute Gasteiger partial charge is 0.490 e. The Kier molecular flexibility index (Phi) is 3.66. The lowest BCUT2D eigenvalue weighted by molar-refractivity contribution is 0.414. The van der Waals surface area contributed by atoms with E-state index in [-0.39, 0.29) is 0 Å². The molecule has 0 spiro atoms. The van der Waals surface area contributed by atoms with E-state index in [1.807, 2.05) is 19.1 Å². The van der Waals surface area contributed by atoms with Crippen LogP contribution in [0, 0.1) is 6.92 Å². The van der Waals surface area contributed by atoms with E-state index >= 15 is 0 Å². The molecule has 2 heterocycles. The van der Waals surface area contributed by atoms with Gasteiger partial charge >= 0.3 is 0 Å². The van der Waals surface area contributed by atoms with Crippen molar-refractivity contribution in [3.05, 3.63) is 30.0 Å². The zero-order valence-corrected chi connectivity index (χ0v) is 10.7. The van der Waals surface area contributed by atoms with Crippen molar-refractivity contribution in [3.63, 3.8) is 0 Å². The zero-order valence-electron chi connectivity index (χ0n) is 10.7. The van der Waals surface area contributed by atoms with Crippen LogP contribution in [-0.4, -0.2) is 24.1 Å². The second-order valence-corrected chi connectivity index (χ2v) is 3.72. The molecule has 2 aromatic rings. The Bertz CT molecular complexity index is 525. The molecule has 0 fully saturated rings. The Morgan fingerprint density at radius 3 is 2.67 bits per heavy atom. The summed E-state index contributed by atoms with van der Waals surface area (Å²) in [5.41, 5.74) is 0. The van der Waals surface area contributed by atoms with Crippen LogP contribution >= 0.6 is 0 Å². The number of aryl methyl sites for hydroxylation is 1. The standard InChI is InChI=1S/C12H16N4O2/c1-8-4-5-9(18-8)6-14-12-10(17-3)11(13-2)15-7-16-12/h4-5,7H,6H2,1-3H3,(H2,13,14,15,16). The van der Waals surface area contributed by atoms with Crippen LogP contribution in [0.1, 0.15) is 11.5 Å². The van der Waals surface area contributed by atoms with Gasteiger partial charge in [-0.15, -0.1) is 0 Å². The first-order valence-corrected chi connectivity index (χ1v) is 5.60. The Hall–Kier alpha value is -2.24. The average Bonchev–Trinajstić information content (AvgIpc) is 2.81. The first-order valence-electron chi connectivity index (χ1n) is 5.60. The van der Waals surface area contributed by atoms with Gasteiger partial charge in [0.2, 0.25) is 5.75 Å². The fraction of sp³-hybridized carbons (Fsp3) is 0.333. The summed E-state index contributed by atoms with van der Waals surface area (Å²) in [6.07, 6.45) is 1.48.